The van der Waals surface area contributed by atoms with E-state index in [0.29, 0.717) is 17.9 Å². The van der Waals surface area contributed by atoms with Crippen LogP contribution in [0.4, 0.5) is 0 Å². The number of rotatable bonds is 4. The number of aromatic amines is 2. The van der Waals surface area contributed by atoms with Gasteiger partial charge in [-0.3, -0.25) is 0 Å². The molecule has 3 rings (SSSR count). The second-order valence-corrected chi connectivity index (χ2v) is 4.71. The Kier molecular flexibility index (Phi) is 3.14. The van der Waals surface area contributed by atoms with Crippen LogP contribution in [0.5, 0.6) is 0 Å². The highest BCUT2D eigenvalue weighted by molar-refractivity contribution is 6.31. The van der Waals surface area contributed by atoms with Gasteiger partial charge in [-0.05, 0) is 35.0 Å². The first-order valence-corrected chi connectivity index (χ1v) is 6.23. The van der Waals surface area contributed by atoms with Gasteiger partial charge in [0.1, 0.15) is 11.6 Å². The highest BCUT2D eigenvalue weighted by Gasteiger charge is 2.12. The molecular formula is C11H12ClN7. The molecule has 7 nitrogen and oxygen atoms in total. The first kappa shape index (κ1) is 12.1. The lowest BCUT2D eigenvalue weighted by Gasteiger charge is -2.06. The molecule has 1 atom stereocenters. The van der Waals surface area contributed by atoms with Gasteiger partial charge in [-0.15, -0.1) is 5.10 Å². The van der Waals surface area contributed by atoms with Crippen molar-refractivity contribution in [2.24, 2.45) is 5.73 Å². The predicted octanol–water partition coefficient (Wildman–Crippen LogP) is 1.36. The number of fused-ring (bicyclic) bond motifs is 1. The van der Waals surface area contributed by atoms with Crippen LogP contribution >= 0.6 is 11.6 Å². The van der Waals surface area contributed by atoms with Gasteiger partial charge in [0.05, 0.1) is 17.1 Å². The molecular weight excluding hydrogens is 266 g/mol. The van der Waals surface area contributed by atoms with Crippen LogP contribution in [0.3, 0.4) is 0 Å². The molecule has 0 spiro atoms. The van der Waals surface area contributed by atoms with E-state index in [9.17, 15) is 0 Å². The van der Waals surface area contributed by atoms with E-state index < -0.39 is 0 Å². The minimum absolute atomic E-state index is 0.198. The van der Waals surface area contributed by atoms with Crippen LogP contribution in [0, 0.1) is 0 Å². The Morgan fingerprint density at radius 1 is 1.37 bits per heavy atom. The first-order chi connectivity index (χ1) is 9.22. The third-order valence-electron chi connectivity index (χ3n) is 2.90. The normalized spacial score (nSPS) is 12.9. The highest BCUT2D eigenvalue weighted by Crippen LogP contribution is 2.20. The molecule has 0 aliphatic heterocycles. The summed E-state index contributed by atoms with van der Waals surface area (Å²) in [6, 6.07) is 5.32. The topological polar surface area (TPSA) is 109 Å². The molecule has 3 aromatic rings. The van der Waals surface area contributed by atoms with Gasteiger partial charge >= 0.3 is 0 Å². The summed E-state index contributed by atoms with van der Waals surface area (Å²) in [5, 5.41) is 14.2. The molecule has 2 heterocycles. The Balaban J connectivity index is 1.75. The lowest BCUT2D eigenvalue weighted by atomic mass is 10.1. The second-order valence-electron chi connectivity index (χ2n) is 4.28. The van der Waals surface area contributed by atoms with E-state index in [1.165, 1.54) is 0 Å². The molecule has 4 N–H and O–H groups in total. The molecule has 0 unspecified atom stereocenters. The van der Waals surface area contributed by atoms with Gasteiger partial charge in [0.15, 0.2) is 0 Å². The molecule has 0 fully saturated rings. The SMILES string of the molecule is N[C@@H](CCc1nnn[nH]1)c1nc2cc(Cl)ccc2[nH]1. The van der Waals surface area contributed by atoms with Crippen LogP contribution in [0.15, 0.2) is 18.2 Å². The summed E-state index contributed by atoms with van der Waals surface area (Å²) < 4.78 is 0. The monoisotopic (exact) mass is 277 g/mol. The van der Waals surface area contributed by atoms with E-state index in [-0.39, 0.29) is 6.04 Å². The maximum atomic E-state index is 6.10. The number of aryl methyl sites for hydroxylation is 1. The largest absolute Gasteiger partial charge is 0.341 e. The maximum absolute atomic E-state index is 6.10. The number of benzene rings is 1. The number of aromatic nitrogens is 6. The quantitative estimate of drug-likeness (QED) is 0.667. The molecule has 0 amide bonds. The third kappa shape index (κ3) is 2.56. The molecule has 0 saturated heterocycles. The first-order valence-electron chi connectivity index (χ1n) is 5.86. The molecule has 1 aromatic carbocycles. The van der Waals surface area contributed by atoms with Crippen molar-refractivity contribution in [3.8, 4) is 0 Å². The van der Waals surface area contributed by atoms with Crippen molar-refractivity contribution in [1.29, 1.82) is 0 Å². The van der Waals surface area contributed by atoms with Crippen LogP contribution in [0.2, 0.25) is 5.02 Å². The molecule has 0 bridgehead atoms. The van der Waals surface area contributed by atoms with Crippen LogP contribution in [-0.2, 0) is 6.42 Å². The fraction of sp³-hybridized carbons (Fsp3) is 0.273. The van der Waals surface area contributed by atoms with Crippen LogP contribution in [0.1, 0.15) is 24.1 Å². The number of hydrogen-bond donors (Lipinski definition) is 3. The van der Waals surface area contributed by atoms with Crippen molar-refractivity contribution in [2.45, 2.75) is 18.9 Å². The smallest absolute Gasteiger partial charge is 0.148 e. The van der Waals surface area contributed by atoms with Gasteiger partial charge in [0.2, 0.25) is 0 Å². The Bertz CT molecular complexity index is 675. The highest BCUT2D eigenvalue weighted by atomic mass is 35.5. The predicted molar refractivity (Wildman–Crippen MR) is 70.5 cm³/mol. The zero-order chi connectivity index (χ0) is 13.2. The average Bonchev–Trinajstić information content (AvgIpc) is 3.04. The summed E-state index contributed by atoms with van der Waals surface area (Å²) in [7, 11) is 0. The third-order valence-corrected chi connectivity index (χ3v) is 3.13. The van der Waals surface area contributed by atoms with E-state index in [0.717, 1.165) is 22.7 Å². The number of hydrogen-bond acceptors (Lipinski definition) is 5. The summed E-state index contributed by atoms with van der Waals surface area (Å²) in [5.41, 5.74) is 7.85. The number of tetrazole rings is 1. The number of halogens is 1. The maximum Gasteiger partial charge on any atom is 0.148 e. The van der Waals surface area contributed by atoms with Gasteiger partial charge in [0.25, 0.3) is 0 Å². The fourth-order valence-corrected chi connectivity index (χ4v) is 2.05. The van der Waals surface area contributed by atoms with E-state index in [1.54, 1.807) is 0 Å². The van der Waals surface area contributed by atoms with Crippen molar-refractivity contribution in [2.75, 3.05) is 0 Å². The van der Waals surface area contributed by atoms with Crippen molar-refractivity contribution >= 4 is 22.6 Å². The van der Waals surface area contributed by atoms with E-state index in [2.05, 4.69) is 30.6 Å². The number of nitrogens with one attached hydrogen (secondary N) is 2. The van der Waals surface area contributed by atoms with Gasteiger partial charge in [-0.1, -0.05) is 11.6 Å². The molecule has 2 aromatic heterocycles. The van der Waals surface area contributed by atoms with Crippen molar-refractivity contribution < 1.29 is 0 Å². The molecule has 19 heavy (non-hydrogen) atoms. The minimum Gasteiger partial charge on any atom is -0.341 e. The zero-order valence-electron chi connectivity index (χ0n) is 9.97. The van der Waals surface area contributed by atoms with Crippen molar-refractivity contribution in [3.63, 3.8) is 0 Å². The molecule has 0 aliphatic carbocycles. The Hall–Kier alpha value is -1.99. The molecule has 0 radical (unpaired) electrons. The Morgan fingerprint density at radius 2 is 2.26 bits per heavy atom. The summed E-state index contributed by atoms with van der Waals surface area (Å²) >= 11 is 5.92. The number of imidazole rings is 1. The second kappa shape index (κ2) is 4.94. The van der Waals surface area contributed by atoms with E-state index in [1.807, 2.05) is 18.2 Å². The van der Waals surface area contributed by atoms with E-state index >= 15 is 0 Å². The summed E-state index contributed by atoms with van der Waals surface area (Å²) in [6.45, 7) is 0. The van der Waals surface area contributed by atoms with Gasteiger partial charge in [-0.2, -0.15) is 0 Å². The van der Waals surface area contributed by atoms with E-state index in [4.69, 9.17) is 17.3 Å². The lowest BCUT2D eigenvalue weighted by molar-refractivity contribution is 0.608. The Labute approximate surface area is 113 Å². The number of H-pyrrole nitrogens is 2. The molecule has 8 heteroatoms. The summed E-state index contributed by atoms with van der Waals surface area (Å²) in [4.78, 5) is 7.64. The summed E-state index contributed by atoms with van der Waals surface area (Å²) in [6.07, 6.45) is 1.37. The van der Waals surface area contributed by atoms with Crippen LogP contribution in [0.25, 0.3) is 11.0 Å². The van der Waals surface area contributed by atoms with Gasteiger partial charge in [-0.25, -0.2) is 10.1 Å². The fourth-order valence-electron chi connectivity index (χ4n) is 1.89. The van der Waals surface area contributed by atoms with Crippen molar-refractivity contribution in [1.82, 2.24) is 30.6 Å². The van der Waals surface area contributed by atoms with Crippen molar-refractivity contribution in [3.05, 3.63) is 34.9 Å². The minimum atomic E-state index is -0.198. The van der Waals surface area contributed by atoms with Crippen LogP contribution < -0.4 is 5.73 Å². The molecule has 0 saturated carbocycles. The lowest BCUT2D eigenvalue weighted by Crippen LogP contribution is -2.13. The van der Waals surface area contributed by atoms with Gasteiger partial charge in [0, 0.05) is 11.4 Å². The standard InChI is InChI=1S/C11H12ClN7/c12-6-1-3-8-9(5-6)15-11(14-8)7(13)2-4-10-16-18-19-17-10/h1,3,5,7H,2,4,13H2,(H,14,15)(H,16,17,18,19)/t7-/m0/s1. The number of nitrogens with two attached hydrogens (primary N) is 1. The zero-order valence-corrected chi connectivity index (χ0v) is 10.7. The molecule has 0 aliphatic rings. The average molecular weight is 278 g/mol. The Morgan fingerprint density at radius 3 is 3.05 bits per heavy atom. The molecule has 98 valence electrons. The number of nitrogens with zero attached hydrogens (tertiary/aromatic N) is 4. The van der Waals surface area contributed by atoms with Crippen LogP contribution in [-0.4, -0.2) is 30.6 Å². The van der Waals surface area contributed by atoms with Gasteiger partial charge < -0.3 is 10.7 Å². The summed E-state index contributed by atoms with van der Waals surface area (Å²) in [5.74, 6) is 1.46.